The van der Waals surface area contributed by atoms with Crippen LogP contribution in [-0.2, 0) is 4.79 Å². The molecule has 1 amide bonds. The summed E-state index contributed by atoms with van der Waals surface area (Å²) in [7, 11) is 0. The van der Waals surface area contributed by atoms with E-state index in [1.165, 1.54) is 4.90 Å². The summed E-state index contributed by atoms with van der Waals surface area (Å²) >= 11 is 3.35. The number of carbonyl (C=O) groups is 1. The van der Waals surface area contributed by atoms with Crippen molar-refractivity contribution in [1.29, 1.82) is 0 Å². The number of amides is 1. The third-order valence-electron chi connectivity index (χ3n) is 2.32. The Hall–Kier alpha value is -1.44. The largest absolute Gasteiger partial charge is 0.368 e. The van der Waals surface area contributed by atoms with Gasteiger partial charge in [-0.25, -0.2) is 0 Å². The Morgan fingerprint density at radius 1 is 1.31 bits per heavy atom. The Kier molecular flexibility index (Phi) is 2.90. The van der Waals surface area contributed by atoms with Crippen molar-refractivity contribution in [3.63, 3.8) is 0 Å². The molecule has 1 aromatic heterocycles. The first-order chi connectivity index (χ1) is 7.60. The quantitative estimate of drug-likeness (QED) is 0.728. The Balaban J connectivity index is 2.27. The molecule has 2 rings (SSSR count). The van der Waals surface area contributed by atoms with Gasteiger partial charge in [0.2, 0.25) is 23.8 Å². The lowest BCUT2D eigenvalue weighted by Crippen LogP contribution is -2.27. The molecule has 16 heavy (non-hydrogen) atoms. The Morgan fingerprint density at radius 2 is 1.94 bits per heavy atom. The van der Waals surface area contributed by atoms with Crippen molar-refractivity contribution in [2.75, 3.05) is 28.2 Å². The minimum atomic E-state index is -0.0190. The van der Waals surface area contributed by atoms with Crippen LogP contribution in [0, 0.1) is 5.92 Å². The molecule has 0 radical (unpaired) electrons. The highest BCUT2D eigenvalue weighted by Crippen LogP contribution is 2.23. The van der Waals surface area contributed by atoms with Gasteiger partial charge in [0, 0.05) is 18.3 Å². The number of hydrogen-bond donors (Lipinski definition) is 2. The second-order valence-corrected chi connectivity index (χ2v) is 4.23. The maximum Gasteiger partial charge on any atom is 0.238 e. The van der Waals surface area contributed by atoms with Gasteiger partial charge in [-0.1, -0.05) is 15.9 Å². The third kappa shape index (κ3) is 2.06. The van der Waals surface area contributed by atoms with Crippen LogP contribution in [0.1, 0.15) is 6.42 Å². The molecule has 0 spiro atoms. The normalized spacial score (nSPS) is 20.4. The van der Waals surface area contributed by atoms with Gasteiger partial charge in [0.15, 0.2) is 0 Å². The fraction of sp³-hybridized carbons (Fsp3) is 0.500. The van der Waals surface area contributed by atoms with Gasteiger partial charge < -0.3 is 11.5 Å². The van der Waals surface area contributed by atoms with Crippen molar-refractivity contribution in [3.8, 4) is 0 Å². The highest BCUT2D eigenvalue weighted by atomic mass is 79.9. The molecule has 8 heteroatoms. The van der Waals surface area contributed by atoms with Gasteiger partial charge in [0.25, 0.3) is 0 Å². The molecule has 4 N–H and O–H groups in total. The van der Waals surface area contributed by atoms with E-state index >= 15 is 0 Å². The molecule has 0 aliphatic carbocycles. The summed E-state index contributed by atoms with van der Waals surface area (Å²) in [6.07, 6.45) is 0.483. The number of anilines is 3. The van der Waals surface area contributed by atoms with Gasteiger partial charge >= 0.3 is 0 Å². The number of nitrogen functional groups attached to an aromatic ring is 2. The molecular formula is C8H11BrN6O. The lowest BCUT2D eigenvalue weighted by molar-refractivity contribution is -0.117. The van der Waals surface area contributed by atoms with Crippen molar-refractivity contribution in [2.24, 2.45) is 5.92 Å². The average Bonchev–Trinajstić information content (AvgIpc) is 2.58. The number of rotatable bonds is 2. The lowest BCUT2D eigenvalue weighted by Gasteiger charge is -2.13. The maximum atomic E-state index is 11.7. The van der Waals surface area contributed by atoms with Gasteiger partial charge in [-0.15, -0.1) is 0 Å². The topological polar surface area (TPSA) is 111 Å². The van der Waals surface area contributed by atoms with Gasteiger partial charge in [-0.05, 0) is 5.92 Å². The van der Waals surface area contributed by atoms with Crippen LogP contribution in [0.3, 0.4) is 0 Å². The van der Waals surface area contributed by atoms with Crippen LogP contribution >= 0.6 is 15.9 Å². The molecule has 2 heterocycles. The van der Waals surface area contributed by atoms with E-state index in [2.05, 4.69) is 30.9 Å². The molecule has 1 aliphatic heterocycles. The predicted octanol–water partition coefficient (Wildman–Crippen LogP) is -0.216. The molecule has 1 atom stereocenters. The van der Waals surface area contributed by atoms with Gasteiger partial charge in [-0.3, -0.25) is 9.69 Å². The summed E-state index contributed by atoms with van der Waals surface area (Å²) in [5, 5.41) is 0.769. The Bertz CT molecular complexity index is 405. The molecule has 1 aromatic rings. The molecule has 1 fully saturated rings. The van der Waals surface area contributed by atoms with E-state index in [9.17, 15) is 4.79 Å². The fourth-order valence-electron chi connectivity index (χ4n) is 1.60. The minimum Gasteiger partial charge on any atom is -0.368 e. The van der Waals surface area contributed by atoms with Crippen LogP contribution in [0.2, 0.25) is 0 Å². The first-order valence-electron chi connectivity index (χ1n) is 4.73. The minimum absolute atomic E-state index is 0.0190. The van der Waals surface area contributed by atoms with E-state index in [1.54, 1.807) is 0 Å². The first kappa shape index (κ1) is 11.1. The monoisotopic (exact) mass is 286 g/mol. The van der Waals surface area contributed by atoms with Gasteiger partial charge in [-0.2, -0.15) is 15.0 Å². The van der Waals surface area contributed by atoms with E-state index in [-0.39, 0.29) is 29.7 Å². The molecule has 1 aliphatic rings. The fourth-order valence-corrected chi connectivity index (χ4v) is 2.03. The van der Waals surface area contributed by atoms with Crippen molar-refractivity contribution in [1.82, 2.24) is 15.0 Å². The van der Waals surface area contributed by atoms with Crippen LogP contribution in [0.5, 0.6) is 0 Å². The number of aromatic nitrogens is 3. The van der Waals surface area contributed by atoms with Crippen molar-refractivity contribution in [3.05, 3.63) is 0 Å². The summed E-state index contributed by atoms with van der Waals surface area (Å²) in [6, 6.07) is 0. The molecular weight excluding hydrogens is 276 g/mol. The maximum absolute atomic E-state index is 11.7. The summed E-state index contributed by atoms with van der Waals surface area (Å²) < 4.78 is 0. The lowest BCUT2D eigenvalue weighted by atomic mass is 10.2. The molecule has 1 saturated heterocycles. The first-order valence-corrected chi connectivity index (χ1v) is 5.85. The van der Waals surface area contributed by atoms with E-state index in [4.69, 9.17) is 11.5 Å². The number of alkyl halides is 1. The summed E-state index contributed by atoms with van der Waals surface area (Å²) in [5.74, 6) is 0.537. The highest BCUT2D eigenvalue weighted by molar-refractivity contribution is 9.09. The predicted molar refractivity (Wildman–Crippen MR) is 62.9 cm³/mol. The van der Waals surface area contributed by atoms with Crippen molar-refractivity contribution < 1.29 is 4.79 Å². The number of nitrogens with two attached hydrogens (primary N) is 2. The number of nitrogens with zero attached hydrogens (tertiary/aromatic N) is 4. The second kappa shape index (κ2) is 4.20. The van der Waals surface area contributed by atoms with Gasteiger partial charge in [0.05, 0.1) is 0 Å². The summed E-state index contributed by atoms with van der Waals surface area (Å²) in [6.45, 7) is 0.576. The number of hydrogen-bond acceptors (Lipinski definition) is 6. The molecule has 0 bridgehead atoms. The van der Waals surface area contributed by atoms with Crippen LogP contribution < -0.4 is 16.4 Å². The molecule has 0 aromatic carbocycles. The average molecular weight is 287 g/mol. The smallest absolute Gasteiger partial charge is 0.238 e. The zero-order chi connectivity index (χ0) is 11.7. The number of halogens is 1. The highest BCUT2D eigenvalue weighted by Gasteiger charge is 2.31. The van der Waals surface area contributed by atoms with Crippen LogP contribution in [0.25, 0.3) is 0 Å². The zero-order valence-corrected chi connectivity index (χ0v) is 10.0. The third-order valence-corrected chi connectivity index (χ3v) is 3.24. The van der Waals surface area contributed by atoms with E-state index < -0.39 is 0 Å². The molecule has 1 unspecified atom stereocenters. The van der Waals surface area contributed by atoms with Crippen LogP contribution in [0.4, 0.5) is 17.8 Å². The van der Waals surface area contributed by atoms with E-state index in [0.29, 0.717) is 13.0 Å². The molecule has 86 valence electrons. The van der Waals surface area contributed by atoms with Crippen LogP contribution in [0.15, 0.2) is 0 Å². The van der Waals surface area contributed by atoms with Crippen molar-refractivity contribution >= 4 is 39.7 Å². The van der Waals surface area contributed by atoms with E-state index in [1.807, 2.05) is 0 Å². The van der Waals surface area contributed by atoms with Crippen LogP contribution in [-0.4, -0.2) is 32.7 Å². The molecule has 7 nitrogen and oxygen atoms in total. The number of carbonyl (C=O) groups excluding carboxylic acids is 1. The molecule has 0 saturated carbocycles. The summed E-state index contributed by atoms with van der Waals surface area (Å²) in [5.41, 5.74) is 10.9. The standard InChI is InChI=1S/C8H11BrN6O/c9-2-4-1-5(16)15(3-4)8-13-6(10)12-7(11)14-8/h4H,1-3H2,(H4,10,11,12,13,14). The zero-order valence-electron chi connectivity index (χ0n) is 8.43. The Labute approximate surface area is 100 Å². The van der Waals surface area contributed by atoms with E-state index in [0.717, 1.165) is 5.33 Å². The van der Waals surface area contributed by atoms with Gasteiger partial charge in [0.1, 0.15) is 0 Å². The summed E-state index contributed by atoms with van der Waals surface area (Å²) in [4.78, 5) is 24.6. The van der Waals surface area contributed by atoms with Crippen molar-refractivity contribution in [2.45, 2.75) is 6.42 Å². The SMILES string of the molecule is Nc1nc(N)nc(N2CC(CBr)CC2=O)n1. The second-order valence-electron chi connectivity index (χ2n) is 3.58. The Morgan fingerprint density at radius 3 is 2.44 bits per heavy atom.